The zero-order valence-electron chi connectivity index (χ0n) is 20.5. The van der Waals surface area contributed by atoms with Gasteiger partial charge in [-0.25, -0.2) is 9.37 Å². The molecule has 1 aliphatic heterocycles. The minimum Gasteiger partial charge on any atom is -0.481 e. The minimum absolute atomic E-state index is 0.0227. The van der Waals surface area contributed by atoms with Gasteiger partial charge in [-0.1, -0.05) is 12.1 Å². The molecule has 1 aliphatic rings. The number of benzene rings is 1. The third kappa shape index (κ3) is 6.80. The molecule has 0 aliphatic carbocycles. The number of primary amides is 1. The van der Waals surface area contributed by atoms with Crippen molar-refractivity contribution in [1.82, 2.24) is 9.88 Å². The van der Waals surface area contributed by atoms with Crippen LogP contribution in [0.4, 0.5) is 28.9 Å². The molecule has 3 rings (SSSR count). The molecule has 1 saturated heterocycles. The second kappa shape index (κ2) is 11.8. The van der Waals surface area contributed by atoms with Gasteiger partial charge in [0.25, 0.3) is 5.91 Å². The standard InChI is InChI=1S/C24H24F4N6O5/c1-3-12-7-8-16(23(37)33-14-5-4-6-17(20(14)25)39-24(26,27)28)34(12)19(35)11-31-15-10-32-18(38-2)9-13(15)21(29)22(30)36/h3-6,9-10,12,16,29,31H,1,7-8,11H2,2H3,(H2,30,36)(H,33,37)/t12?,16-/m0/s1. The van der Waals surface area contributed by atoms with Gasteiger partial charge in [-0.05, 0) is 25.0 Å². The maximum absolute atomic E-state index is 14.6. The minimum atomic E-state index is -5.14. The molecule has 0 bridgehead atoms. The van der Waals surface area contributed by atoms with Crippen LogP contribution in [0.1, 0.15) is 18.4 Å². The summed E-state index contributed by atoms with van der Waals surface area (Å²) in [5.41, 5.74) is 4.23. The molecule has 1 unspecified atom stereocenters. The fourth-order valence-electron chi connectivity index (χ4n) is 4.00. The predicted octanol–water partition coefficient (Wildman–Crippen LogP) is 2.58. The fraction of sp³-hybridized carbons (Fsp3) is 0.292. The molecule has 0 spiro atoms. The number of hydrogen-bond donors (Lipinski definition) is 4. The molecule has 2 heterocycles. The van der Waals surface area contributed by atoms with Crippen LogP contribution in [0.5, 0.6) is 11.6 Å². The van der Waals surface area contributed by atoms with Crippen LogP contribution < -0.4 is 25.8 Å². The molecule has 0 saturated carbocycles. The van der Waals surface area contributed by atoms with Gasteiger partial charge in [0.05, 0.1) is 37.3 Å². The number of anilines is 2. The quantitative estimate of drug-likeness (QED) is 0.200. The highest BCUT2D eigenvalue weighted by Crippen LogP contribution is 2.31. The summed E-state index contributed by atoms with van der Waals surface area (Å²) < 4.78 is 60.8. The number of amides is 3. The van der Waals surface area contributed by atoms with E-state index in [9.17, 15) is 31.9 Å². The number of aromatic nitrogens is 1. The molecule has 1 fully saturated rings. The average Bonchev–Trinajstić information content (AvgIpc) is 3.32. The van der Waals surface area contributed by atoms with E-state index in [0.29, 0.717) is 6.42 Å². The van der Waals surface area contributed by atoms with Crippen molar-refractivity contribution in [3.05, 3.63) is 54.5 Å². The first-order valence-electron chi connectivity index (χ1n) is 11.3. The topological polar surface area (TPSA) is 160 Å². The van der Waals surface area contributed by atoms with E-state index in [2.05, 4.69) is 26.9 Å². The first kappa shape index (κ1) is 28.9. The molecule has 2 aromatic rings. The Balaban J connectivity index is 1.78. The fourth-order valence-corrected chi connectivity index (χ4v) is 4.00. The summed E-state index contributed by atoms with van der Waals surface area (Å²) in [6.07, 6.45) is -1.95. The number of hydrogen-bond acceptors (Lipinski definition) is 8. The Morgan fingerprint density at radius 1 is 1.28 bits per heavy atom. The molecular formula is C24H24F4N6O5. The molecule has 39 heavy (non-hydrogen) atoms. The maximum atomic E-state index is 14.6. The number of nitrogens with zero attached hydrogens (tertiary/aromatic N) is 2. The summed E-state index contributed by atoms with van der Waals surface area (Å²) in [5, 5.41) is 12.9. The Kier molecular flexibility index (Phi) is 8.73. The van der Waals surface area contributed by atoms with Gasteiger partial charge in [-0.3, -0.25) is 19.8 Å². The highest BCUT2D eigenvalue weighted by Gasteiger charge is 2.40. The number of carbonyl (C=O) groups is 3. The lowest BCUT2D eigenvalue weighted by molar-refractivity contribution is -0.275. The van der Waals surface area contributed by atoms with Gasteiger partial charge < -0.3 is 30.7 Å². The van der Waals surface area contributed by atoms with E-state index < -0.39 is 65.7 Å². The van der Waals surface area contributed by atoms with Crippen molar-refractivity contribution in [3.8, 4) is 11.6 Å². The Morgan fingerprint density at radius 3 is 2.62 bits per heavy atom. The zero-order valence-corrected chi connectivity index (χ0v) is 20.5. The molecule has 2 atom stereocenters. The zero-order chi connectivity index (χ0) is 28.9. The van der Waals surface area contributed by atoms with Crippen LogP contribution in [0.2, 0.25) is 0 Å². The number of pyridine rings is 1. The molecular weight excluding hydrogens is 528 g/mol. The predicted molar refractivity (Wildman–Crippen MR) is 131 cm³/mol. The van der Waals surface area contributed by atoms with Gasteiger partial charge >= 0.3 is 6.36 Å². The van der Waals surface area contributed by atoms with Crippen molar-refractivity contribution < 1.29 is 41.4 Å². The SMILES string of the molecule is C=CC1CC[C@@H](C(=O)Nc2cccc(OC(F)(F)F)c2F)N1C(=O)CNc1cnc(OC)cc1C(=N)C(N)=O. The van der Waals surface area contributed by atoms with Crippen LogP contribution in [-0.2, 0) is 14.4 Å². The lowest BCUT2D eigenvalue weighted by Gasteiger charge is -2.28. The Bertz CT molecular complexity index is 1300. The molecule has 5 N–H and O–H groups in total. The van der Waals surface area contributed by atoms with Gasteiger partial charge in [0.1, 0.15) is 11.8 Å². The number of halogens is 4. The second-order valence-electron chi connectivity index (χ2n) is 8.22. The van der Waals surface area contributed by atoms with Gasteiger partial charge in [-0.2, -0.15) is 0 Å². The molecule has 11 nitrogen and oxygen atoms in total. The molecule has 208 valence electrons. The second-order valence-corrected chi connectivity index (χ2v) is 8.22. The van der Waals surface area contributed by atoms with E-state index in [4.69, 9.17) is 15.9 Å². The van der Waals surface area contributed by atoms with Crippen molar-refractivity contribution in [1.29, 1.82) is 5.41 Å². The summed E-state index contributed by atoms with van der Waals surface area (Å²) in [6.45, 7) is 3.26. The number of rotatable bonds is 10. The van der Waals surface area contributed by atoms with Crippen molar-refractivity contribution in [2.24, 2.45) is 5.73 Å². The third-order valence-corrected chi connectivity index (χ3v) is 5.77. The van der Waals surface area contributed by atoms with E-state index in [1.807, 2.05) is 0 Å². The lowest BCUT2D eigenvalue weighted by atomic mass is 10.1. The van der Waals surface area contributed by atoms with E-state index >= 15 is 0 Å². The van der Waals surface area contributed by atoms with Crippen molar-refractivity contribution in [3.63, 3.8) is 0 Å². The summed E-state index contributed by atoms with van der Waals surface area (Å²) in [5.74, 6) is -4.93. The smallest absolute Gasteiger partial charge is 0.481 e. The molecule has 0 radical (unpaired) electrons. The summed E-state index contributed by atoms with van der Waals surface area (Å²) in [7, 11) is 1.33. The molecule has 1 aromatic carbocycles. The number of carbonyl (C=O) groups excluding carboxylic acids is 3. The lowest BCUT2D eigenvalue weighted by Crippen LogP contribution is -2.48. The number of likely N-dealkylation sites (tertiary alicyclic amines) is 1. The monoisotopic (exact) mass is 552 g/mol. The van der Waals surface area contributed by atoms with Crippen LogP contribution >= 0.6 is 0 Å². The van der Waals surface area contributed by atoms with Crippen LogP contribution in [0, 0.1) is 11.2 Å². The summed E-state index contributed by atoms with van der Waals surface area (Å²) in [4.78, 5) is 42.9. The van der Waals surface area contributed by atoms with Gasteiger partial charge in [0, 0.05) is 11.6 Å². The van der Waals surface area contributed by atoms with E-state index in [1.54, 1.807) is 0 Å². The Labute approximate surface area is 219 Å². The summed E-state index contributed by atoms with van der Waals surface area (Å²) in [6, 6.07) is 2.48. The van der Waals surface area contributed by atoms with Gasteiger partial charge in [0.2, 0.25) is 17.7 Å². The van der Waals surface area contributed by atoms with Gasteiger partial charge in [0.15, 0.2) is 11.6 Å². The maximum Gasteiger partial charge on any atom is 0.573 e. The van der Waals surface area contributed by atoms with E-state index in [0.717, 1.165) is 18.2 Å². The molecule has 1 aromatic heterocycles. The first-order chi connectivity index (χ1) is 18.4. The van der Waals surface area contributed by atoms with Crippen LogP contribution in [0.25, 0.3) is 0 Å². The average molecular weight is 552 g/mol. The van der Waals surface area contributed by atoms with Crippen molar-refractivity contribution in [2.45, 2.75) is 31.3 Å². The molecule has 3 amide bonds. The largest absolute Gasteiger partial charge is 0.573 e. The Morgan fingerprint density at radius 2 is 2.00 bits per heavy atom. The normalized spacial score (nSPS) is 16.8. The number of alkyl halides is 3. The van der Waals surface area contributed by atoms with Crippen LogP contribution in [-0.4, -0.2) is 65.4 Å². The summed E-state index contributed by atoms with van der Waals surface area (Å²) >= 11 is 0. The molecule has 15 heteroatoms. The van der Waals surface area contributed by atoms with Gasteiger partial charge in [-0.15, -0.1) is 19.8 Å². The first-order valence-corrected chi connectivity index (χ1v) is 11.3. The van der Waals surface area contributed by atoms with Crippen molar-refractivity contribution in [2.75, 3.05) is 24.3 Å². The number of nitrogens with one attached hydrogen (secondary N) is 3. The number of methoxy groups -OCH3 is 1. The third-order valence-electron chi connectivity index (χ3n) is 5.77. The van der Waals surface area contributed by atoms with Crippen molar-refractivity contribution >= 4 is 34.8 Å². The van der Waals surface area contributed by atoms with Crippen LogP contribution in [0.15, 0.2) is 43.1 Å². The highest BCUT2D eigenvalue weighted by molar-refractivity contribution is 6.44. The Hall–Kier alpha value is -4.69. The number of ether oxygens (including phenoxy) is 2. The number of nitrogens with two attached hydrogens (primary N) is 1. The van der Waals surface area contributed by atoms with Crippen LogP contribution in [0.3, 0.4) is 0 Å². The van der Waals surface area contributed by atoms with E-state index in [1.165, 1.54) is 30.3 Å². The van der Waals surface area contributed by atoms with E-state index in [-0.39, 0.29) is 23.6 Å². The highest BCUT2D eigenvalue weighted by atomic mass is 19.4.